The molecule has 2 N–H and O–H groups in total. The Bertz CT molecular complexity index is 1440. The van der Waals surface area contributed by atoms with Gasteiger partial charge in [-0.15, -0.1) is 0 Å². The summed E-state index contributed by atoms with van der Waals surface area (Å²) in [6, 6.07) is 13.6. The van der Waals surface area contributed by atoms with Crippen LogP contribution >= 0.6 is 0 Å². The van der Waals surface area contributed by atoms with Crippen molar-refractivity contribution in [3.8, 4) is 28.0 Å². The average molecular weight is 513 g/mol. The van der Waals surface area contributed by atoms with Crippen LogP contribution in [0.15, 0.2) is 54.7 Å². The second-order valence-corrected chi connectivity index (χ2v) is 10.7. The van der Waals surface area contributed by atoms with Crippen molar-refractivity contribution < 1.29 is 13.9 Å². The fraction of sp³-hybridized carbons (Fsp3) is 0.355. The van der Waals surface area contributed by atoms with E-state index in [1.54, 1.807) is 7.05 Å². The number of piperidine rings is 1. The van der Waals surface area contributed by atoms with Gasteiger partial charge in [0.1, 0.15) is 17.2 Å². The molecule has 196 valence electrons. The first-order chi connectivity index (χ1) is 18.4. The van der Waals surface area contributed by atoms with Crippen molar-refractivity contribution in [3.63, 3.8) is 0 Å². The maximum Gasteiger partial charge on any atom is 0.251 e. The first kappa shape index (κ1) is 24.5. The molecule has 0 aliphatic carbocycles. The molecule has 7 heteroatoms. The highest BCUT2D eigenvalue weighted by Gasteiger charge is 2.39. The first-order valence-corrected chi connectivity index (χ1v) is 13.4. The summed E-state index contributed by atoms with van der Waals surface area (Å²) >= 11 is 0. The number of anilines is 1. The summed E-state index contributed by atoms with van der Waals surface area (Å²) in [6.45, 7) is 8.69. The van der Waals surface area contributed by atoms with Crippen LogP contribution in [0, 0.1) is 5.95 Å². The Morgan fingerprint density at radius 1 is 1.03 bits per heavy atom. The van der Waals surface area contributed by atoms with Crippen molar-refractivity contribution in [2.45, 2.75) is 44.6 Å². The van der Waals surface area contributed by atoms with E-state index >= 15 is 4.39 Å². The molecule has 6 nitrogen and oxygen atoms in total. The zero-order chi connectivity index (χ0) is 26.4. The van der Waals surface area contributed by atoms with Gasteiger partial charge in [-0.1, -0.05) is 24.8 Å². The Hall–Kier alpha value is -3.87. The quantitative estimate of drug-likeness (QED) is 0.447. The van der Waals surface area contributed by atoms with Gasteiger partial charge < -0.3 is 20.3 Å². The summed E-state index contributed by atoms with van der Waals surface area (Å²) in [7, 11) is 1.74. The number of aryl methyl sites for hydroxylation is 1. The molecule has 1 saturated heterocycles. The highest BCUT2D eigenvalue weighted by molar-refractivity contribution is 5.97. The monoisotopic (exact) mass is 512 g/mol. The van der Waals surface area contributed by atoms with E-state index in [2.05, 4.69) is 34.0 Å². The first-order valence-electron chi connectivity index (χ1n) is 13.4. The van der Waals surface area contributed by atoms with Crippen LogP contribution in [0.3, 0.4) is 0 Å². The Balaban J connectivity index is 1.31. The summed E-state index contributed by atoms with van der Waals surface area (Å²) in [5.41, 5.74) is 6.72. The highest BCUT2D eigenvalue weighted by atomic mass is 19.1. The number of benzene rings is 2. The van der Waals surface area contributed by atoms with Crippen LogP contribution in [0.25, 0.3) is 22.3 Å². The Kier molecular flexibility index (Phi) is 6.09. The number of amides is 1. The number of fused-ring (bicyclic) bond motifs is 2. The van der Waals surface area contributed by atoms with Gasteiger partial charge in [-0.05, 0) is 72.7 Å². The molecule has 0 unspecified atom stereocenters. The molecule has 38 heavy (non-hydrogen) atoms. The lowest BCUT2D eigenvalue weighted by Crippen LogP contribution is -2.49. The molecule has 6 rings (SSSR count). The van der Waals surface area contributed by atoms with E-state index in [-0.39, 0.29) is 11.5 Å². The topological polar surface area (TPSA) is 66.5 Å². The number of hydrogen-bond donors (Lipinski definition) is 2. The Morgan fingerprint density at radius 3 is 2.53 bits per heavy atom. The molecule has 3 aliphatic heterocycles. The number of allylic oxidation sites excluding steroid dienone is 1. The lowest BCUT2D eigenvalue weighted by molar-refractivity contribution is -0.00690. The largest absolute Gasteiger partial charge is 0.487 e. The third kappa shape index (κ3) is 4.30. The van der Waals surface area contributed by atoms with Crippen LogP contribution in [-0.4, -0.2) is 48.1 Å². The standard InChI is InChI=1S/C31H33FN4O2/c1-19(2)36-14-11-31(12-15-36)10-8-23-17-20(5-7-27(23)38-31)25-18-26(29(33-3)35-28(25)32)21-4-6-24-22(16-21)9-13-34-30(24)37/h4-7,16-18H,1,8-15H2,2-3H3,(H,33,35)(H,34,37). The molecule has 0 radical (unpaired) electrons. The summed E-state index contributed by atoms with van der Waals surface area (Å²) in [6.07, 6.45) is 4.59. The number of nitrogens with one attached hydrogen (secondary N) is 2. The number of ether oxygens (including phenoxy) is 1. The van der Waals surface area contributed by atoms with Crippen molar-refractivity contribution in [3.05, 3.63) is 77.4 Å². The normalized spacial score (nSPS) is 17.8. The van der Waals surface area contributed by atoms with Crippen molar-refractivity contribution in [1.29, 1.82) is 0 Å². The minimum Gasteiger partial charge on any atom is -0.487 e. The second kappa shape index (κ2) is 9.46. The molecule has 0 saturated carbocycles. The minimum atomic E-state index is -0.518. The van der Waals surface area contributed by atoms with Gasteiger partial charge in [-0.25, -0.2) is 4.98 Å². The van der Waals surface area contributed by atoms with Crippen LogP contribution in [0.1, 0.15) is 47.7 Å². The van der Waals surface area contributed by atoms with Crippen LogP contribution in [0.5, 0.6) is 5.75 Å². The zero-order valence-electron chi connectivity index (χ0n) is 22.0. The van der Waals surface area contributed by atoms with Crippen LogP contribution in [-0.2, 0) is 12.8 Å². The van der Waals surface area contributed by atoms with E-state index in [0.717, 1.165) is 84.5 Å². The molecule has 0 bridgehead atoms. The van der Waals surface area contributed by atoms with Gasteiger partial charge in [0.15, 0.2) is 0 Å². The molecule has 1 amide bonds. The van der Waals surface area contributed by atoms with Gasteiger partial charge in [-0.3, -0.25) is 4.79 Å². The SMILES string of the molecule is C=C(C)N1CCC2(CCc3cc(-c4cc(-c5ccc6c(c5)CCNC6=O)c(NC)nc4F)ccc3O2)CC1. The molecular formula is C31H33FN4O2. The van der Waals surface area contributed by atoms with Crippen molar-refractivity contribution >= 4 is 11.7 Å². The predicted octanol–water partition coefficient (Wildman–Crippen LogP) is 5.58. The zero-order valence-corrected chi connectivity index (χ0v) is 22.0. The molecular weight excluding hydrogens is 479 g/mol. The van der Waals surface area contributed by atoms with E-state index in [1.165, 1.54) is 0 Å². The van der Waals surface area contributed by atoms with Crippen LogP contribution in [0.4, 0.5) is 10.2 Å². The van der Waals surface area contributed by atoms with Gasteiger partial charge in [0.05, 0.1) is 0 Å². The van der Waals surface area contributed by atoms with Gasteiger partial charge in [0, 0.05) is 61.9 Å². The van der Waals surface area contributed by atoms with Gasteiger partial charge in [-0.2, -0.15) is 4.39 Å². The Morgan fingerprint density at radius 2 is 1.76 bits per heavy atom. The summed E-state index contributed by atoms with van der Waals surface area (Å²) in [4.78, 5) is 18.8. The summed E-state index contributed by atoms with van der Waals surface area (Å²) < 4.78 is 21.9. The lowest BCUT2D eigenvalue weighted by atomic mass is 9.82. The van der Waals surface area contributed by atoms with E-state index in [1.807, 2.05) is 42.5 Å². The van der Waals surface area contributed by atoms with Crippen molar-refractivity contribution in [2.24, 2.45) is 0 Å². The number of halogens is 1. The predicted molar refractivity (Wildman–Crippen MR) is 148 cm³/mol. The third-order valence-corrected chi connectivity index (χ3v) is 8.32. The number of likely N-dealkylation sites (tertiary alicyclic amines) is 1. The molecule has 3 aromatic rings. The minimum absolute atomic E-state index is 0.0519. The van der Waals surface area contributed by atoms with E-state index < -0.39 is 5.95 Å². The molecule has 2 aromatic carbocycles. The van der Waals surface area contributed by atoms with Crippen molar-refractivity contribution in [1.82, 2.24) is 15.2 Å². The number of hydrogen-bond acceptors (Lipinski definition) is 5. The maximum atomic E-state index is 15.3. The summed E-state index contributed by atoms with van der Waals surface area (Å²) in [5.74, 6) is 0.799. The molecule has 0 atom stereocenters. The molecule has 1 spiro atoms. The molecule has 1 aromatic heterocycles. The third-order valence-electron chi connectivity index (χ3n) is 8.32. The number of nitrogens with zero attached hydrogens (tertiary/aromatic N) is 2. The van der Waals surface area contributed by atoms with Crippen LogP contribution < -0.4 is 15.4 Å². The van der Waals surface area contributed by atoms with Gasteiger partial charge >= 0.3 is 0 Å². The number of carbonyl (C=O) groups excluding carboxylic acids is 1. The molecule has 1 fully saturated rings. The van der Waals surface area contributed by atoms with Gasteiger partial charge in [0.2, 0.25) is 5.95 Å². The number of aromatic nitrogens is 1. The van der Waals surface area contributed by atoms with E-state index in [0.29, 0.717) is 23.5 Å². The number of carbonyl (C=O) groups is 1. The van der Waals surface area contributed by atoms with Crippen molar-refractivity contribution in [2.75, 3.05) is 32.0 Å². The van der Waals surface area contributed by atoms with Gasteiger partial charge in [0.25, 0.3) is 5.91 Å². The highest BCUT2D eigenvalue weighted by Crippen LogP contribution is 2.42. The molecule has 4 heterocycles. The molecule has 3 aliphatic rings. The smallest absolute Gasteiger partial charge is 0.251 e. The fourth-order valence-electron chi connectivity index (χ4n) is 6.04. The number of rotatable bonds is 4. The van der Waals surface area contributed by atoms with E-state index in [9.17, 15) is 4.79 Å². The van der Waals surface area contributed by atoms with E-state index in [4.69, 9.17) is 4.74 Å². The van der Waals surface area contributed by atoms with Crippen LogP contribution in [0.2, 0.25) is 0 Å². The average Bonchev–Trinajstić information content (AvgIpc) is 2.93. The fourth-order valence-corrected chi connectivity index (χ4v) is 6.04. The lowest BCUT2D eigenvalue weighted by Gasteiger charge is -2.45. The maximum absolute atomic E-state index is 15.3. The Labute approximate surface area is 222 Å². The second-order valence-electron chi connectivity index (χ2n) is 10.7. The summed E-state index contributed by atoms with van der Waals surface area (Å²) in [5, 5.41) is 5.92. The number of pyridine rings is 1.